The molecule has 0 bridgehead atoms. The highest BCUT2D eigenvalue weighted by molar-refractivity contribution is 9.10. The highest BCUT2D eigenvalue weighted by Crippen LogP contribution is 2.18. The highest BCUT2D eigenvalue weighted by Gasteiger charge is 2.17. The maximum absolute atomic E-state index is 12.2. The molecule has 100 valence electrons. The molecular weight excluding hydrogens is 326 g/mol. The molecule has 0 aliphatic heterocycles. The lowest BCUT2D eigenvalue weighted by Gasteiger charge is -2.14. The van der Waals surface area contributed by atoms with Crippen molar-refractivity contribution in [1.82, 2.24) is 4.72 Å². The molecule has 0 saturated heterocycles. The van der Waals surface area contributed by atoms with E-state index in [1.165, 1.54) is 0 Å². The molecule has 0 aliphatic carbocycles. The molecule has 0 radical (unpaired) electrons. The van der Waals surface area contributed by atoms with Crippen LogP contribution in [0.15, 0.2) is 64.0 Å². The first-order valence-corrected chi connectivity index (χ1v) is 8.09. The third kappa shape index (κ3) is 3.65. The van der Waals surface area contributed by atoms with Crippen LogP contribution < -0.4 is 4.72 Å². The maximum atomic E-state index is 12.2. The molecule has 3 nitrogen and oxygen atoms in total. The van der Waals surface area contributed by atoms with E-state index in [2.05, 4.69) is 20.7 Å². The molecule has 0 saturated carbocycles. The smallest absolute Gasteiger partial charge is 0.207 e. The fourth-order valence-electron chi connectivity index (χ4n) is 1.72. The summed E-state index contributed by atoms with van der Waals surface area (Å²) in [5.41, 5.74) is 0.934. The van der Waals surface area contributed by atoms with Gasteiger partial charge in [0.2, 0.25) is 10.0 Å². The van der Waals surface area contributed by atoms with Crippen molar-refractivity contribution in [3.05, 3.63) is 64.6 Å². The number of benzene rings is 2. The van der Waals surface area contributed by atoms with E-state index in [1.54, 1.807) is 24.3 Å². The zero-order valence-corrected chi connectivity index (χ0v) is 12.8. The molecule has 5 heteroatoms. The molecule has 0 spiro atoms. The van der Waals surface area contributed by atoms with Gasteiger partial charge in [0.25, 0.3) is 0 Å². The van der Waals surface area contributed by atoms with E-state index < -0.39 is 10.0 Å². The average molecular weight is 340 g/mol. The van der Waals surface area contributed by atoms with Gasteiger partial charge in [-0.25, -0.2) is 13.1 Å². The Balaban J connectivity index is 2.20. The summed E-state index contributed by atoms with van der Waals surface area (Å²) in [5, 5.41) is 0. The summed E-state index contributed by atoms with van der Waals surface area (Å²) < 4.78 is 27.9. The summed E-state index contributed by atoms with van der Waals surface area (Å²) in [4.78, 5) is 0.262. The molecular formula is C14H14BrNO2S. The van der Waals surface area contributed by atoms with Gasteiger partial charge in [0.15, 0.2) is 0 Å². The van der Waals surface area contributed by atoms with Crippen molar-refractivity contribution < 1.29 is 8.42 Å². The molecule has 0 heterocycles. The number of hydrogen-bond donors (Lipinski definition) is 1. The molecule has 0 unspecified atom stereocenters. The zero-order valence-electron chi connectivity index (χ0n) is 10.4. The summed E-state index contributed by atoms with van der Waals surface area (Å²) >= 11 is 3.28. The van der Waals surface area contributed by atoms with Gasteiger partial charge in [-0.1, -0.05) is 46.3 Å². The molecule has 0 aromatic heterocycles. The largest absolute Gasteiger partial charge is 0.241 e. The number of hydrogen-bond acceptors (Lipinski definition) is 2. The summed E-state index contributed by atoms with van der Waals surface area (Å²) in [6, 6.07) is 15.8. The van der Waals surface area contributed by atoms with E-state index in [4.69, 9.17) is 0 Å². The van der Waals surface area contributed by atoms with Crippen LogP contribution in [0.2, 0.25) is 0 Å². The van der Waals surface area contributed by atoms with Crippen molar-refractivity contribution in [2.24, 2.45) is 0 Å². The first-order chi connectivity index (χ1) is 8.99. The number of halogens is 1. The molecule has 0 aliphatic rings. The second-order valence-electron chi connectivity index (χ2n) is 4.21. The Morgan fingerprint density at radius 3 is 2.16 bits per heavy atom. The summed E-state index contributed by atoms with van der Waals surface area (Å²) in [6.07, 6.45) is 0. The third-order valence-corrected chi connectivity index (χ3v) is 4.84. The van der Waals surface area contributed by atoms with Gasteiger partial charge in [-0.3, -0.25) is 0 Å². The van der Waals surface area contributed by atoms with E-state index in [1.807, 2.05) is 37.3 Å². The quantitative estimate of drug-likeness (QED) is 0.926. The van der Waals surface area contributed by atoms with Gasteiger partial charge < -0.3 is 0 Å². The summed E-state index contributed by atoms with van der Waals surface area (Å²) in [5.74, 6) is 0. The van der Waals surface area contributed by atoms with Crippen LogP contribution in [-0.4, -0.2) is 8.42 Å². The molecule has 0 amide bonds. The molecule has 19 heavy (non-hydrogen) atoms. The first-order valence-electron chi connectivity index (χ1n) is 5.82. The van der Waals surface area contributed by atoms with Gasteiger partial charge in [0.05, 0.1) is 4.90 Å². The van der Waals surface area contributed by atoms with Crippen molar-refractivity contribution in [2.45, 2.75) is 17.9 Å². The van der Waals surface area contributed by atoms with Crippen molar-refractivity contribution in [2.75, 3.05) is 0 Å². The molecule has 2 aromatic carbocycles. The maximum Gasteiger partial charge on any atom is 0.241 e. The van der Waals surface area contributed by atoms with Crippen LogP contribution in [0.1, 0.15) is 18.5 Å². The monoisotopic (exact) mass is 339 g/mol. The van der Waals surface area contributed by atoms with Gasteiger partial charge >= 0.3 is 0 Å². The minimum absolute atomic E-state index is 0.262. The van der Waals surface area contributed by atoms with Crippen molar-refractivity contribution in [1.29, 1.82) is 0 Å². The predicted molar refractivity (Wildman–Crippen MR) is 79.3 cm³/mol. The lowest BCUT2D eigenvalue weighted by Crippen LogP contribution is -2.26. The van der Waals surface area contributed by atoms with Crippen LogP contribution in [0.5, 0.6) is 0 Å². The van der Waals surface area contributed by atoms with Gasteiger partial charge in [0, 0.05) is 10.5 Å². The standard InChI is InChI=1S/C14H14BrNO2S/c1-11(12-5-3-2-4-6-12)16-19(17,18)14-9-7-13(15)8-10-14/h2-11,16H,1H3/t11-/m1/s1. The fraction of sp³-hybridized carbons (Fsp3) is 0.143. The van der Waals surface area contributed by atoms with Gasteiger partial charge in [-0.05, 0) is 36.8 Å². The van der Waals surface area contributed by atoms with Crippen LogP contribution in [0, 0.1) is 0 Å². The molecule has 1 N–H and O–H groups in total. The molecule has 2 aromatic rings. The van der Waals surface area contributed by atoms with Crippen molar-refractivity contribution in [3.63, 3.8) is 0 Å². The average Bonchev–Trinajstić information content (AvgIpc) is 2.40. The Bertz CT molecular complexity index is 639. The molecule has 1 atom stereocenters. The minimum Gasteiger partial charge on any atom is -0.207 e. The van der Waals surface area contributed by atoms with Crippen molar-refractivity contribution >= 4 is 26.0 Å². The van der Waals surface area contributed by atoms with Crippen molar-refractivity contribution in [3.8, 4) is 0 Å². The molecule has 2 rings (SSSR count). The number of nitrogens with one attached hydrogen (secondary N) is 1. The van der Waals surface area contributed by atoms with E-state index in [-0.39, 0.29) is 10.9 Å². The topological polar surface area (TPSA) is 46.2 Å². The fourth-order valence-corrected chi connectivity index (χ4v) is 3.22. The van der Waals surface area contributed by atoms with E-state index in [9.17, 15) is 8.42 Å². The predicted octanol–water partition coefficient (Wildman–Crippen LogP) is 3.49. The highest BCUT2D eigenvalue weighted by atomic mass is 79.9. The van der Waals surface area contributed by atoms with E-state index >= 15 is 0 Å². The lowest BCUT2D eigenvalue weighted by atomic mass is 10.1. The lowest BCUT2D eigenvalue weighted by molar-refractivity contribution is 0.567. The zero-order chi connectivity index (χ0) is 13.9. The Labute approximate surface area is 121 Å². The molecule has 0 fully saturated rings. The Morgan fingerprint density at radius 2 is 1.58 bits per heavy atom. The Morgan fingerprint density at radius 1 is 1.00 bits per heavy atom. The van der Waals surface area contributed by atoms with Gasteiger partial charge in [-0.15, -0.1) is 0 Å². The summed E-state index contributed by atoms with van der Waals surface area (Å²) in [7, 11) is -3.50. The number of sulfonamides is 1. The second kappa shape index (κ2) is 5.86. The SMILES string of the molecule is C[C@@H](NS(=O)(=O)c1ccc(Br)cc1)c1ccccc1. The van der Waals surface area contributed by atoms with Crippen LogP contribution in [0.25, 0.3) is 0 Å². The third-order valence-electron chi connectivity index (χ3n) is 2.76. The Kier molecular flexibility index (Phi) is 4.39. The van der Waals surface area contributed by atoms with Crippen LogP contribution in [0.4, 0.5) is 0 Å². The minimum atomic E-state index is -3.50. The van der Waals surface area contributed by atoms with Crippen LogP contribution in [0.3, 0.4) is 0 Å². The van der Waals surface area contributed by atoms with Crippen LogP contribution in [-0.2, 0) is 10.0 Å². The van der Waals surface area contributed by atoms with Crippen LogP contribution >= 0.6 is 15.9 Å². The Hall–Kier alpha value is -1.17. The second-order valence-corrected chi connectivity index (χ2v) is 6.84. The normalized spacial score (nSPS) is 13.2. The van der Waals surface area contributed by atoms with E-state index in [0.29, 0.717) is 0 Å². The van der Waals surface area contributed by atoms with Gasteiger partial charge in [-0.2, -0.15) is 0 Å². The van der Waals surface area contributed by atoms with E-state index in [0.717, 1.165) is 10.0 Å². The number of rotatable bonds is 4. The summed E-state index contributed by atoms with van der Waals surface area (Å²) in [6.45, 7) is 1.83. The van der Waals surface area contributed by atoms with Gasteiger partial charge in [0.1, 0.15) is 0 Å². The first kappa shape index (κ1) is 14.2.